The lowest BCUT2D eigenvalue weighted by Crippen LogP contribution is -1.76. The summed E-state index contributed by atoms with van der Waals surface area (Å²) in [6, 6.07) is 0. The fourth-order valence-electron chi connectivity index (χ4n) is 0.634. The fraction of sp³-hybridized carbons (Fsp3) is 0.500. The first-order chi connectivity index (χ1) is 4.63. The van der Waals surface area contributed by atoms with Gasteiger partial charge in [0.15, 0.2) is 0 Å². The van der Waals surface area contributed by atoms with Gasteiger partial charge in [0.25, 0.3) is 0 Å². The predicted molar refractivity (Wildman–Crippen MR) is 54.6 cm³/mol. The van der Waals surface area contributed by atoms with Crippen LogP contribution >= 0.6 is 31.9 Å². The van der Waals surface area contributed by atoms with Gasteiger partial charge in [-0.15, -0.1) is 0 Å². The van der Waals surface area contributed by atoms with Crippen molar-refractivity contribution in [3.05, 3.63) is 22.1 Å². The van der Waals surface area contributed by atoms with E-state index < -0.39 is 0 Å². The van der Waals surface area contributed by atoms with Gasteiger partial charge in [0.2, 0.25) is 0 Å². The highest BCUT2D eigenvalue weighted by molar-refractivity contribution is 9.12. The van der Waals surface area contributed by atoms with Crippen LogP contribution in [0.5, 0.6) is 0 Å². The molecule has 0 amide bonds. The Morgan fingerprint density at radius 3 is 1.40 bits per heavy atom. The van der Waals surface area contributed by atoms with E-state index in [1.54, 1.807) is 0 Å². The molecule has 0 aliphatic carbocycles. The highest BCUT2D eigenvalue weighted by Gasteiger charge is 1.91. The second-order valence-electron chi connectivity index (χ2n) is 2.24. The Bertz CT molecular complexity index is 111. The lowest BCUT2D eigenvalue weighted by Gasteiger charge is -1.97. The topological polar surface area (TPSA) is 0 Å². The maximum absolute atomic E-state index is 3.75. The van der Waals surface area contributed by atoms with Gasteiger partial charge in [-0.25, -0.2) is 0 Å². The van der Waals surface area contributed by atoms with Crippen molar-refractivity contribution in [1.29, 1.82) is 0 Å². The second-order valence-corrected chi connectivity index (χ2v) is 4.48. The van der Waals surface area contributed by atoms with E-state index in [4.69, 9.17) is 0 Å². The molecule has 0 radical (unpaired) electrons. The molecule has 0 heterocycles. The molecule has 58 valence electrons. The zero-order valence-corrected chi connectivity index (χ0v) is 9.17. The average Bonchev–Trinajstić information content (AvgIpc) is 1.79. The summed E-state index contributed by atoms with van der Waals surface area (Å²) in [5.74, 6) is 0. The number of rotatable bonds is 5. The van der Waals surface area contributed by atoms with Crippen LogP contribution in [0.25, 0.3) is 0 Å². The molecule has 0 rings (SSSR count). The minimum atomic E-state index is 1.07. The maximum atomic E-state index is 3.75. The Hall–Kier alpha value is 0.440. The van der Waals surface area contributed by atoms with E-state index in [9.17, 15) is 0 Å². The minimum absolute atomic E-state index is 1.07. The lowest BCUT2D eigenvalue weighted by atomic mass is 10.2. The summed E-state index contributed by atoms with van der Waals surface area (Å²) in [6.07, 6.45) is 4.52. The van der Waals surface area contributed by atoms with Crippen LogP contribution in [0.4, 0.5) is 0 Å². The molecule has 0 aromatic carbocycles. The van der Waals surface area contributed by atoms with Crippen molar-refractivity contribution in [3.63, 3.8) is 0 Å². The van der Waals surface area contributed by atoms with Gasteiger partial charge >= 0.3 is 0 Å². The highest BCUT2D eigenvalue weighted by Crippen LogP contribution is 2.16. The Labute approximate surface area is 79.6 Å². The summed E-state index contributed by atoms with van der Waals surface area (Å²) in [7, 11) is 0. The van der Waals surface area contributed by atoms with Crippen molar-refractivity contribution in [2.24, 2.45) is 0 Å². The SMILES string of the molecule is C=C(Br)CCCCC(=C)Br. The number of hydrogen-bond acceptors (Lipinski definition) is 0. The van der Waals surface area contributed by atoms with Crippen LogP contribution < -0.4 is 0 Å². The molecule has 0 nitrogen and oxygen atoms in total. The molecular formula is C8H12Br2. The minimum Gasteiger partial charge on any atom is -0.0889 e. The van der Waals surface area contributed by atoms with E-state index in [0.717, 1.165) is 21.8 Å². The van der Waals surface area contributed by atoms with Crippen molar-refractivity contribution >= 4 is 31.9 Å². The summed E-state index contributed by atoms with van der Waals surface area (Å²) in [5.41, 5.74) is 0. The van der Waals surface area contributed by atoms with Crippen molar-refractivity contribution in [2.75, 3.05) is 0 Å². The number of unbranched alkanes of at least 4 members (excludes halogenated alkanes) is 1. The molecule has 0 spiro atoms. The van der Waals surface area contributed by atoms with Gasteiger partial charge in [-0.05, 0) is 34.6 Å². The largest absolute Gasteiger partial charge is 0.0889 e. The first-order valence-corrected chi connectivity index (χ1v) is 4.88. The summed E-state index contributed by atoms with van der Waals surface area (Å²) >= 11 is 6.63. The molecule has 0 aromatic heterocycles. The van der Waals surface area contributed by atoms with E-state index >= 15 is 0 Å². The zero-order valence-electron chi connectivity index (χ0n) is 6.00. The van der Waals surface area contributed by atoms with Crippen molar-refractivity contribution < 1.29 is 0 Å². The number of hydrogen-bond donors (Lipinski definition) is 0. The summed E-state index contributed by atoms with van der Waals surface area (Å²) in [4.78, 5) is 0. The molecule has 0 fully saturated rings. The van der Waals surface area contributed by atoms with E-state index in [1.807, 2.05) is 0 Å². The Kier molecular flexibility index (Phi) is 6.44. The molecule has 0 bridgehead atoms. The van der Waals surface area contributed by atoms with Crippen LogP contribution in [0.1, 0.15) is 25.7 Å². The number of halogens is 2. The van der Waals surface area contributed by atoms with Crippen LogP contribution in [0, 0.1) is 0 Å². The van der Waals surface area contributed by atoms with Crippen LogP contribution in [-0.4, -0.2) is 0 Å². The monoisotopic (exact) mass is 266 g/mol. The fourth-order valence-corrected chi connectivity index (χ4v) is 1.19. The first kappa shape index (κ1) is 10.4. The standard InChI is InChI=1S/C8H12Br2/c1-7(9)5-3-4-6-8(2)10/h1-6H2. The third kappa shape index (κ3) is 8.44. The van der Waals surface area contributed by atoms with Crippen LogP contribution in [0.3, 0.4) is 0 Å². The van der Waals surface area contributed by atoms with E-state index in [1.165, 1.54) is 12.8 Å². The van der Waals surface area contributed by atoms with E-state index in [-0.39, 0.29) is 0 Å². The molecule has 0 atom stereocenters. The van der Waals surface area contributed by atoms with Crippen LogP contribution in [0.2, 0.25) is 0 Å². The molecule has 0 saturated carbocycles. The molecular weight excluding hydrogens is 256 g/mol. The van der Waals surface area contributed by atoms with Gasteiger partial charge in [-0.2, -0.15) is 0 Å². The quantitative estimate of drug-likeness (QED) is 0.649. The summed E-state index contributed by atoms with van der Waals surface area (Å²) in [5, 5.41) is 0. The van der Waals surface area contributed by atoms with Gasteiger partial charge in [0.1, 0.15) is 0 Å². The predicted octanol–water partition coefficient (Wildman–Crippen LogP) is 4.36. The van der Waals surface area contributed by atoms with Crippen molar-refractivity contribution in [3.8, 4) is 0 Å². The van der Waals surface area contributed by atoms with Gasteiger partial charge in [0.05, 0.1) is 0 Å². The molecule has 0 saturated heterocycles. The third-order valence-corrected chi connectivity index (χ3v) is 1.94. The molecule has 2 heteroatoms. The summed E-state index contributed by atoms with van der Waals surface area (Å²) < 4.78 is 2.18. The third-order valence-electron chi connectivity index (χ3n) is 1.15. The lowest BCUT2D eigenvalue weighted by molar-refractivity contribution is 0.757. The van der Waals surface area contributed by atoms with Gasteiger partial charge in [-0.1, -0.05) is 45.0 Å². The second kappa shape index (κ2) is 6.17. The first-order valence-electron chi connectivity index (χ1n) is 3.29. The van der Waals surface area contributed by atoms with Gasteiger partial charge < -0.3 is 0 Å². The summed E-state index contributed by atoms with van der Waals surface area (Å²) in [6.45, 7) is 7.51. The number of allylic oxidation sites excluding steroid dienone is 2. The average molecular weight is 268 g/mol. The van der Waals surface area contributed by atoms with Crippen LogP contribution in [-0.2, 0) is 0 Å². The molecule has 0 unspecified atom stereocenters. The Balaban J connectivity index is 3.06. The van der Waals surface area contributed by atoms with Gasteiger partial charge in [-0.3, -0.25) is 0 Å². The van der Waals surface area contributed by atoms with E-state index in [2.05, 4.69) is 45.0 Å². The smallest absolute Gasteiger partial charge is 0.0121 e. The van der Waals surface area contributed by atoms with Crippen LogP contribution in [0.15, 0.2) is 22.1 Å². The zero-order chi connectivity index (χ0) is 7.98. The Morgan fingerprint density at radius 1 is 0.900 bits per heavy atom. The molecule has 0 N–H and O–H groups in total. The highest BCUT2D eigenvalue weighted by atomic mass is 79.9. The van der Waals surface area contributed by atoms with Gasteiger partial charge in [0, 0.05) is 0 Å². The molecule has 0 aliphatic heterocycles. The molecule has 0 aromatic rings. The molecule has 10 heavy (non-hydrogen) atoms. The Morgan fingerprint density at radius 2 is 1.20 bits per heavy atom. The van der Waals surface area contributed by atoms with Crippen molar-refractivity contribution in [2.45, 2.75) is 25.7 Å². The normalized spacial score (nSPS) is 9.40. The van der Waals surface area contributed by atoms with E-state index in [0.29, 0.717) is 0 Å². The van der Waals surface area contributed by atoms with Crippen molar-refractivity contribution in [1.82, 2.24) is 0 Å². The maximum Gasteiger partial charge on any atom is -0.0121 e. The molecule has 0 aliphatic rings.